The fourth-order valence-electron chi connectivity index (χ4n) is 3.97. The Kier molecular flexibility index (Phi) is 13.2. The van der Waals surface area contributed by atoms with E-state index >= 15 is 0 Å². The molecule has 1 heterocycles. The van der Waals surface area contributed by atoms with Crippen LogP contribution in [-0.4, -0.2) is 39.8 Å². The fourth-order valence-corrected chi connectivity index (χ4v) is 4.49. The van der Waals surface area contributed by atoms with E-state index < -0.39 is 13.9 Å². The van der Waals surface area contributed by atoms with Crippen LogP contribution in [0.25, 0.3) is 0 Å². The van der Waals surface area contributed by atoms with Crippen LogP contribution in [0.5, 0.6) is 0 Å². The SMILES string of the molecule is CCCCCCCCCc1ccccc1CCCCC(=O)N1CC(OP(=O)(O)O)C1.N. The summed E-state index contributed by atoms with van der Waals surface area (Å²) in [5, 5.41) is 0. The maximum Gasteiger partial charge on any atom is 0.469 e. The fraction of sp³-hybridized carbons (Fsp3) is 0.696. The second-order valence-electron chi connectivity index (χ2n) is 8.36. The van der Waals surface area contributed by atoms with E-state index in [9.17, 15) is 9.36 Å². The summed E-state index contributed by atoms with van der Waals surface area (Å²) in [6.07, 6.45) is 13.1. The van der Waals surface area contributed by atoms with Crippen molar-refractivity contribution in [1.82, 2.24) is 11.1 Å². The summed E-state index contributed by atoms with van der Waals surface area (Å²) in [5.74, 6) is 0.0388. The zero-order chi connectivity index (χ0) is 21.8. The molecule has 1 aromatic carbocycles. The van der Waals surface area contributed by atoms with E-state index in [0.717, 1.165) is 25.7 Å². The van der Waals surface area contributed by atoms with Gasteiger partial charge in [-0.3, -0.25) is 9.32 Å². The number of aryl methyl sites for hydroxylation is 2. The molecule has 1 amide bonds. The molecular formula is C23H41N2O5P. The number of phosphoric ester groups is 1. The summed E-state index contributed by atoms with van der Waals surface area (Å²) < 4.78 is 15.4. The van der Waals surface area contributed by atoms with E-state index in [1.165, 1.54) is 56.1 Å². The molecule has 0 unspecified atom stereocenters. The lowest BCUT2D eigenvalue weighted by atomic mass is 9.96. The Labute approximate surface area is 187 Å². The molecule has 0 aliphatic carbocycles. The molecule has 5 N–H and O–H groups in total. The zero-order valence-corrected chi connectivity index (χ0v) is 19.9. The zero-order valence-electron chi connectivity index (χ0n) is 19.0. The summed E-state index contributed by atoms with van der Waals surface area (Å²) in [6, 6.07) is 8.65. The van der Waals surface area contributed by atoms with Crippen molar-refractivity contribution in [2.75, 3.05) is 13.1 Å². The smallest absolute Gasteiger partial charge is 0.344 e. The van der Waals surface area contributed by atoms with Crippen molar-refractivity contribution in [3.63, 3.8) is 0 Å². The molecule has 8 heteroatoms. The second-order valence-corrected chi connectivity index (χ2v) is 9.56. The first kappa shape index (κ1) is 27.8. The van der Waals surface area contributed by atoms with Gasteiger partial charge in [-0.1, -0.05) is 69.7 Å². The van der Waals surface area contributed by atoms with Gasteiger partial charge in [0.2, 0.25) is 5.91 Å². The van der Waals surface area contributed by atoms with Gasteiger partial charge in [-0.2, -0.15) is 0 Å². The molecule has 1 fully saturated rings. The van der Waals surface area contributed by atoms with E-state index in [-0.39, 0.29) is 25.1 Å². The van der Waals surface area contributed by atoms with Crippen molar-refractivity contribution in [1.29, 1.82) is 0 Å². The number of unbranched alkanes of at least 4 members (excludes halogenated alkanes) is 7. The second kappa shape index (κ2) is 14.8. The summed E-state index contributed by atoms with van der Waals surface area (Å²) in [4.78, 5) is 31.3. The van der Waals surface area contributed by atoms with E-state index in [1.807, 2.05) is 0 Å². The molecule has 0 saturated carbocycles. The third kappa shape index (κ3) is 11.3. The first-order valence-electron chi connectivity index (χ1n) is 11.5. The number of hydrogen-bond donors (Lipinski definition) is 3. The minimum Gasteiger partial charge on any atom is -0.344 e. The lowest BCUT2D eigenvalue weighted by molar-refractivity contribution is -0.140. The third-order valence-corrected chi connectivity index (χ3v) is 6.31. The Balaban J connectivity index is 0.00000480. The van der Waals surface area contributed by atoms with Crippen LogP contribution >= 0.6 is 7.82 Å². The number of phosphoric acid groups is 1. The Hall–Kier alpha value is -1.24. The molecule has 31 heavy (non-hydrogen) atoms. The number of benzene rings is 1. The molecule has 7 nitrogen and oxygen atoms in total. The van der Waals surface area contributed by atoms with Crippen LogP contribution in [0.4, 0.5) is 0 Å². The number of amides is 1. The largest absolute Gasteiger partial charge is 0.469 e. The normalized spacial score (nSPS) is 14.2. The highest BCUT2D eigenvalue weighted by Gasteiger charge is 2.35. The van der Waals surface area contributed by atoms with Gasteiger partial charge in [-0.25, -0.2) is 4.57 Å². The van der Waals surface area contributed by atoms with Gasteiger partial charge >= 0.3 is 7.82 Å². The van der Waals surface area contributed by atoms with Crippen molar-refractivity contribution in [2.45, 2.75) is 90.1 Å². The van der Waals surface area contributed by atoms with Crippen LogP contribution in [0.3, 0.4) is 0 Å². The van der Waals surface area contributed by atoms with Crippen molar-refractivity contribution < 1.29 is 23.7 Å². The maximum atomic E-state index is 12.2. The van der Waals surface area contributed by atoms with Crippen molar-refractivity contribution in [3.8, 4) is 0 Å². The molecule has 1 aliphatic rings. The number of hydrogen-bond acceptors (Lipinski definition) is 4. The summed E-state index contributed by atoms with van der Waals surface area (Å²) in [7, 11) is -4.46. The first-order valence-corrected chi connectivity index (χ1v) is 13.0. The highest BCUT2D eigenvalue weighted by Crippen LogP contribution is 2.39. The van der Waals surface area contributed by atoms with Crippen LogP contribution in [0, 0.1) is 0 Å². The highest BCUT2D eigenvalue weighted by atomic mass is 31.2. The quantitative estimate of drug-likeness (QED) is 0.247. The topological polar surface area (TPSA) is 122 Å². The van der Waals surface area contributed by atoms with Crippen LogP contribution < -0.4 is 6.15 Å². The molecule has 1 aliphatic heterocycles. The molecule has 0 radical (unpaired) electrons. The molecule has 0 bridgehead atoms. The van der Waals surface area contributed by atoms with Gasteiger partial charge in [0.15, 0.2) is 0 Å². The molecular weight excluding hydrogens is 415 g/mol. The van der Waals surface area contributed by atoms with Crippen LogP contribution in [0.15, 0.2) is 24.3 Å². The van der Waals surface area contributed by atoms with Crippen molar-refractivity contribution in [3.05, 3.63) is 35.4 Å². The maximum absolute atomic E-state index is 12.2. The molecule has 0 atom stereocenters. The summed E-state index contributed by atoms with van der Waals surface area (Å²) in [5.41, 5.74) is 2.84. The predicted octanol–water partition coefficient (Wildman–Crippen LogP) is 5.17. The summed E-state index contributed by atoms with van der Waals surface area (Å²) in [6.45, 7) is 2.79. The minimum absolute atomic E-state index is 0. The van der Waals surface area contributed by atoms with E-state index in [2.05, 4.69) is 35.7 Å². The van der Waals surface area contributed by atoms with Gasteiger partial charge in [0.25, 0.3) is 0 Å². The molecule has 1 saturated heterocycles. The van der Waals surface area contributed by atoms with E-state index in [4.69, 9.17) is 9.79 Å². The number of carbonyl (C=O) groups excluding carboxylic acids is 1. The number of carbonyl (C=O) groups is 1. The number of likely N-dealkylation sites (tertiary alicyclic amines) is 1. The Morgan fingerprint density at radius 1 is 0.968 bits per heavy atom. The Bertz CT molecular complexity index is 688. The standard InChI is InChI=1S/C23H38NO5P.H3N/c1-2-3-4-5-6-7-8-13-20-14-9-10-15-21(20)16-11-12-17-23(25)24-18-22(19-24)29-30(26,27)28;/h9-10,14-15,22H,2-8,11-13,16-19H2,1H3,(H2,26,27,28);1H3. The van der Waals surface area contributed by atoms with Gasteiger partial charge in [0.05, 0.1) is 0 Å². The third-order valence-electron chi connectivity index (χ3n) is 5.74. The van der Waals surface area contributed by atoms with Gasteiger partial charge in [0.1, 0.15) is 6.10 Å². The van der Waals surface area contributed by atoms with Gasteiger partial charge in [-0.05, 0) is 43.2 Å². The van der Waals surface area contributed by atoms with Crippen LogP contribution in [0.2, 0.25) is 0 Å². The number of rotatable bonds is 15. The molecule has 178 valence electrons. The van der Waals surface area contributed by atoms with Gasteiger partial charge < -0.3 is 20.8 Å². The van der Waals surface area contributed by atoms with E-state index in [0.29, 0.717) is 6.42 Å². The molecule has 2 rings (SSSR count). The highest BCUT2D eigenvalue weighted by molar-refractivity contribution is 7.46. The summed E-state index contributed by atoms with van der Waals surface area (Å²) >= 11 is 0. The molecule has 0 aromatic heterocycles. The molecule has 1 aromatic rings. The molecule has 0 spiro atoms. The van der Waals surface area contributed by atoms with Gasteiger partial charge in [-0.15, -0.1) is 0 Å². The number of nitrogens with zero attached hydrogens (tertiary/aromatic N) is 1. The van der Waals surface area contributed by atoms with Crippen LogP contribution in [-0.2, 0) is 26.7 Å². The lowest BCUT2D eigenvalue weighted by Crippen LogP contribution is -2.54. The Morgan fingerprint density at radius 2 is 1.48 bits per heavy atom. The predicted molar refractivity (Wildman–Crippen MR) is 124 cm³/mol. The first-order chi connectivity index (χ1) is 14.4. The monoisotopic (exact) mass is 456 g/mol. The van der Waals surface area contributed by atoms with Crippen LogP contribution in [0.1, 0.15) is 82.3 Å². The Morgan fingerprint density at radius 3 is 2.03 bits per heavy atom. The van der Waals surface area contributed by atoms with E-state index in [1.54, 1.807) is 4.90 Å². The average Bonchev–Trinajstić information content (AvgIpc) is 2.67. The van der Waals surface area contributed by atoms with Crippen molar-refractivity contribution in [2.24, 2.45) is 0 Å². The minimum atomic E-state index is -4.46. The van der Waals surface area contributed by atoms with Gasteiger partial charge in [0, 0.05) is 19.5 Å². The lowest BCUT2D eigenvalue weighted by Gasteiger charge is -2.38. The average molecular weight is 457 g/mol. The van der Waals surface area contributed by atoms with Crippen molar-refractivity contribution >= 4 is 13.7 Å².